The van der Waals surface area contributed by atoms with Gasteiger partial charge in [0.1, 0.15) is 0 Å². The van der Waals surface area contributed by atoms with Crippen LogP contribution in [0.2, 0.25) is 0 Å². The van der Waals surface area contributed by atoms with E-state index in [-0.39, 0.29) is 5.91 Å². The van der Waals surface area contributed by atoms with Crippen molar-refractivity contribution < 1.29 is 14.3 Å². The number of ether oxygens (including phenoxy) is 1. The van der Waals surface area contributed by atoms with E-state index in [2.05, 4.69) is 5.32 Å². The number of carbonyl (C=O) groups excluding carboxylic acids is 2. The van der Waals surface area contributed by atoms with Crippen LogP contribution in [0.15, 0.2) is 23.9 Å². The van der Waals surface area contributed by atoms with Crippen LogP contribution in [-0.2, 0) is 9.53 Å². The normalized spacial score (nSPS) is 15.7. The van der Waals surface area contributed by atoms with Crippen LogP contribution < -0.4 is 5.32 Å². The minimum Gasteiger partial charge on any atom is -0.465 e. The second-order valence-corrected chi connectivity index (χ2v) is 4.56. The third-order valence-electron chi connectivity index (χ3n) is 3.22. The highest BCUT2D eigenvalue weighted by atomic mass is 16.5. The number of nitrogens with zero attached hydrogens (tertiary/aromatic N) is 1. The Labute approximate surface area is 111 Å². The molecule has 1 aliphatic rings. The summed E-state index contributed by atoms with van der Waals surface area (Å²) in [6, 6.07) is 5.04. The lowest BCUT2D eigenvalue weighted by molar-refractivity contribution is -0.110. The molecule has 1 aromatic rings. The lowest BCUT2D eigenvalue weighted by Crippen LogP contribution is -2.14. The summed E-state index contributed by atoms with van der Waals surface area (Å²) in [5.74, 6) is -0.563. The molecule has 2 rings (SSSR count). The van der Waals surface area contributed by atoms with Crippen molar-refractivity contribution in [2.45, 2.75) is 6.92 Å². The molecule has 1 heterocycles. The van der Waals surface area contributed by atoms with Gasteiger partial charge < -0.3 is 15.0 Å². The van der Waals surface area contributed by atoms with Gasteiger partial charge >= 0.3 is 5.97 Å². The number of nitrogens with one attached hydrogen (secondary N) is 1. The van der Waals surface area contributed by atoms with Crippen molar-refractivity contribution in [1.82, 2.24) is 4.90 Å². The number of carbonyl (C=O) groups is 2. The van der Waals surface area contributed by atoms with Gasteiger partial charge in [-0.3, -0.25) is 4.79 Å². The Bertz CT molecular complexity index is 588. The Morgan fingerprint density at radius 1 is 1.32 bits per heavy atom. The first-order valence-corrected chi connectivity index (χ1v) is 5.88. The summed E-state index contributed by atoms with van der Waals surface area (Å²) in [5, 5.41) is 2.79. The minimum atomic E-state index is -0.413. The van der Waals surface area contributed by atoms with E-state index in [1.54, 1.807) is 18.2 Å². The summed E-state index contributed by atoms with van der Waals surface area (Å²) in [5.41, 5.74) is 3.32. The molecule has 0 atom stereocenters. The monoisotopic (exact) mass is 260 g/mol. The smallest absolute Gasteiger partial charge is 0.337 e. The summed E-state index contributed by atoms with van der Waals surface area (Å²) in [7, 11) is 5.08. The van der Waals surface area contributed by atoms with Crippen LogP contribution in [0.1, 0.15) is 22.8 Å². The summed E-state index contributed by atoms with van der Waals surface area (Å²) >= 11 is 0. The van der Waals surface area contributed by atoms with Gasteiger partial charge in [0.25, 0.3) is 5.91 Å². The number of anilines is 1. The summed E-state index contributed by atoms with van der Waals surface area (Å²) < 4.78 is 4.70. The van der Waals surface area contributed by atoms with Crippen LogP contribution in [0.3, 0.4) is 0 Å². The van der Waals surface area contributed by atoms with Gasteiger partial charge in [0.15, 0.2) is 0 Å². The standard InChI is InChI=1S/C14H16N2O3/c1-8(16(2)3)12-10-7-9(14(18)19-4)5-6-11(10)15-13(12)17/h5-7H,1-4H3,(H,15,17)/b12-8-. The Kier molecular flexibility index (Phi) is 3.29. The quantitative estimate of drug-likeness (QED) is 0.649. The van der Waals surface area contributed by atoms with E-state index in [0.29, 0.717) is 16.8 Å². The van der Waals surface area contributed by atoms with Crippen molar-refractivity contribution in [3.05, 3.63) is 35.0 Å². The number of allylic oxidation sites excluding steroid dienone is 1. The first-order chi connectivity index (χ1) is 8.95. The minimum absolute atomic E-state index is 0.150. The van der Waals surface area contributed by atoms with Crippen LogP contribution in [0.25, 0.3) is 5.57 Å². The molecule has 100 valence electrons. The van der Waals surface area contributed by atoms with E-state index < -0.39 is 5.97 Å². The van der Waals surface area contributed by atoms with Crippen LogP contribution in [0.4, 0.5) is 5.69 Å². The zero-order chi connectivity index (χ0) is 14.2. The fourth-order valence-electron chi connectivity index (χ4n) is 1.99. The van der Waals surface area contributed by atoms with Crippen LogP contribution in [-0.4, -0.2) is 38.0 Å². The summed E-state index contributed by atoms with van der Waals surface area (Å²) in [4.78, 5) is 25.4. The van der Waals surface area contributed by atoms with E-state index in [9.17, 15) is 9.59 Å². The highest BCUT2D eigenvalue weighted by molar-refractivity contribution is 6.32. The Balaban J connectivity index is 2.58. The van der Waals surface area contributed by atoms with E-state index in [1.807, 2.05) is 25.9 Å². The maximum absolute atomic E-state index is 12.0. The lowest BCUT2D eigenvalue weighted by Gasteiger charge is -2.15. The SMILES string of the molecule is COC(=O)c1ccc2c(c1)/C(=C(\C)N(C)C)C(=O)N2. The number of esters is 1. The molecule has 1 aliphatic heterocycles. The van der Waals surface area contributed by atoms with E-state index in [1.165, 1.54) is 7.11 Å². The molecule has 0 fully saturated rings. The van der Waals surface area contributed by atoms with E-state index in [0.717, 1.165) is 11.3 Å². The second-order valence-electron chi connectivity index (χ2n) is 4.56. The Hall–Kier alpha value is -2.30. The average molecular weight is 260 g/mol. The molecule has 1 aromatic carbocycles. The zero-order valence-electron chi connectivity index (χ0n) is 11.4. The molecule has 5 heteroatoms. The van der Waals surface area contributed by atoms with Gasteiger partial charge in [0, 0.05) is 31.0 Å². The third kappa shape index (κ3) is 2.19. The molecule has 0 unspecified atom stereocenters. The third-order valence-corrected chi connectivity index (χ3v) is 3.22. The van der Waals surface area contributed by atoms with Gasteiger partial charge in [0.2, 0.25) is 0 Å². The number of methoxy groups -OCH3 is 1. The van der Waals surface area contributed by atoms with Gasteiger partial charge in [-0.25, -0.2) is 4.79 Å². The van der Waals surface area contributed by atoms with Crippen molar-refractivity contribution >= 4 is 23.1 Å². The van der Waals surface area contributed by atoms with Crippen molar-refractivity contribution in [2.75, 3.05) is 26.5 Å². The molecule has 0 aliphatic carbocycles. The molecule has 5 nitrogen and oxygen atoms in total. The van der Waals surface area contributed by atoms with Gasteiger partial charge in [0.05, 0.1) is 18.2 Å². The number of benzene rings is 1. The fourth-order valence-corrected chi connectivity index (χ4v) is 1.99. The number of amides is 1. The first kappa shape index (κ1) is 13.1. The molecule has 0 aromatic heterocycles. The van der Waals surface area contributed by atoms with Crippen LogP contribution >= 0.6 is 0 Å². The zero-order valence-corrected chi connectivity index (χ0v) is 11.4. The lowest BCUT2D eigenvalue weighted by atomic mass is 10.0. The highest BCUT2D eigenvalue weighted by Crippen LogP contribution is 2.34. The Morgan fingerprint density at radius 2 is 2.00 bits per heavy atom. The molecule has 0 spiro atoms. The number of hydrogen-bond acceptors (Lipinski definition) is 4. The fraction of sp³-hybridized carbons (Fsp3) is 0.286. The van der Waals surface area contributed by atoms with Gasteiger partial charge in [-0.1, -0.05) is 0 Å². The molecule has 0 radical (unpaired) electrons. The van der Waals surface area contributed by atoms with Crippen LogP contribution in [0.5, 0.6) is 0 Å². The molecule has 1 amide bonds. The number of hydrogen-bond donors (Lipinski definition) is 1. The van der Waals surface area contributed by atoms with E-state index >= 15 is 0 Å². The van der Waals surface area contributed by atoms with Crippen molar-refractivity contribution in [1.29, 1.82) is 0 Å². The highest BCUT2D eigenvalue weighted by Gasteiger charge is 2.27. The maximum Gasteiger partial charge on any atom is 0.337 e. The molecule has 0 saturated carbocycles. The van der Waals surface area contributed by atoms with Gasteiger partial charge in [-0.2, -0.15) is 0 Å². The summed E-state index contributed by atoms with van der Waals surface area (Å²) in [6.07, 6.45) is 0. The maximum atomic E-state index is 12.0. The van der Waals surface area contributed by atoms with E-state index in [4.69, 9.17) is 4.74 Å². The van der Waals surface area contributed by atoms with Crippen molar-refractivity contribution in [2.24, 2.45) is 0 Å². The predicted octanol–water partition coefficient (Wildman–Crippen LogP) is 1.72. The molecule has 1 N–H and O–H groups in total. The molecule has 0 bridgehead atoms. The summed E-state index contributed by atoms with van der Waals surface area (Å²) in [6.45, 7) is 1.87. The van der Waals surface area contributed by atoms with Crippen LogP contribution in [0, 0.1) is 0 Å². The van der Waals surface area contributed by atoms with Gasteiger partial charge in [-0.05, 0) is 25.1 Å². The van der Waals surface area contributed by atoms with Crippen molar-refractivity contribution in [3.8, 4) is 0 Å². The Morgan fingerprint density at radius 3 is 2.58 bits per heavy atom. The molecular weight excluding hydrogens is 244 g/mol. The topological polar surface area (TPSA) is 58.6 Å². The largest absolute Gasteiger partial charge is 0.465 e. The molecule has 0 saturated heterocycles. The van der Waals surface area contributed by atoms with Gasteiger partial charge in [-0.15, -0.1) is 0 Å². The predicted molar refractivity (Wildman–Crippen MR) is 72.7 cm³/mol. The number of rotatable bonds is 2. The molecule has 19 heavy (non-hydrogen) atoms. The number of fused-ring (bicyclic) bond motifs is 1. The first-order valence-electron chi connectivity index (χ1n) is 5.88. The molecular formula is C14H16N2O3. The average Bonchev–Trinajstić information content (AvgIpc) is 2.71. The van der Waals surface area contributed by atoms with Crippen molar-refractivity contribution in [3.63, 3.8) is 0 Å². The second kappa shape index (κ2) is 4.76.